The number of azide groups is 1. The Balaban J connectivity index is 2.58. The molecule has 0 bridgehead atoms. The Bertz CT molecular complexity index is 658. The highest BCUT2D eigenvalue weighted by Crippen LogP contribution is 2.41. The van der Waals surface area contributed by atoms with Gasteiger partial charge in [-0.15, -0.1) is 0 Å². The minimum Gasteiger partial charge on any atom is -0.393 e. The molecule has 21 heavy (non-hydrogen) atoms. The maximum absolute atomic E-state index is 11.9. The van der Waals surface area contributed by atoms with Crippen LogP contribution in [0.25, 0.3) is 10.4 Å². The van der Waals surface area contributed by atoms with E-state index in [-0.39, 0.29) is 5.82 Å². The maximum atomic E-state index is 11.9. The average Bonchev–Trinajstić information content (AvgIpc) is 2.62. The van der Waals surface area contributed by atoms with E-state index in [1.807, 2.05) is 0 Å². The van der Waals surface area contributed by atoms with Gasteiger partial charge in [-0.25, -0.2) is 4.79 Å². The van der Waals surface area contributed by atoms with Gasteiger partial charge in [-0.05, 0) is 18.5 Å². The first-order valence-electron chi connectivity index (χ1n) is 5.90. The van der Waals surface area contributed by atoms with Gasteiger partial charge < -0.3 is 25.8 Å². The van der Waals surface area contributed by atoms with Crippen LogP contribution in [0.15, 0.2) is 22.2 Å². The zero-order chi connectivity index (χ0) is 15.8. The Morgan fingerprint density at radius 3 is 2.81 bits per heavy atom. The normalized spacial score (nSPS) is 35.4. The number of aliphatic hydroxyl groups excluding tert-OH is 3. The van der Waals surface area contributed by atoms with Crippen LogP contribution in [0.2, 0.25) is 0 Å². The van der Waals surface area contributed by atoms with Crippen molar-refractivity contribution in [2.45, 2.75) is 30.6 Å². The molecule has 114 valence electrons. The van der Waals surface area contributed by atoms with E-state index in [4.69, 9.17) is 16.0 Å². The lowest BCUT2D eigenvalue weighted by molar-refractivity contribution is -0.179. The fraction of sp³-hybridized carbons (Fsp3) is 0.600. The number of nitrogens with zero attached hydrogens (tertiary/aromatic N) is 5. The summed E-state index contributed by atoms with van der Waals surface area (Å²) in [7, 11) is 0. The molecule has 1 saturated heterocycles. The number of ether oxygens (including phenoxy) is 1. The Hall–Kier alpha value is -2.17. The van der Waals surface area contributed by atoms with Crippen molar-refractivity contribution in [3.63, 3.8) is 0 Å². The first kappa shape index (κ1) is 15.2. The lowest BCUT2D eigenvalue weighted by atomic mass is 10.0. The summed E-state index contributed by atoms with van der Waals surface area (Å²) < 4.78 is 6.26. The molecule has 1 aromatic rings. The third-order valence-electron chi connectivity index (χ3n) is 3.44. The van der Waals surface area contributed by atoms with Gasteiger partial charge >= 0.3 is 5.69 Å². The second kappa shape index (κ2) is 4.98. The number of nitrogen functional groups attached to an aromatic ring is 1. The van der Waals surface area contributed by atoms with Gasteiger partial charge in [0.05, 0.1) is 6.61 Å². The first-order chi connectivity index (χ1) is 9.80. The van der Waals surface area contributed by atoms with Crippen molar-refractivity contribution in [1.29, 1.82) is 0 Å². The number of rotatable bonds is 3. The van der Waals surface area contributed by atoms with Crippen LogP contribution in [0.1, 0.15) is 6.92 Å². The van der Waals surface area contributed by atoms with Gasteiger partial charge in [0.2, 0.25) is 5.72 Å². The minimum atomic E-state index is -2.11. The Labute approximate surface area is 117 Å². The van der Waals surface area contributed by atoms with Gasteiger partial charge in [0.1, 0.15) is 18.0 Å². The van der Waals surface area contributed by atoms with E-state index in [0.717, 1.165) is 4.57 Å². The van der Waals surface area contributed by atoms with E-state index < -0.39 is 36.0 Å². The van der Waals surface area contributed by atoms with E-state index in [1.54, 1.807) is 0 Å². The van der Waals surface area contributed by atoms with Crippen LogP contribution < -0.4 is 11.4 Å². The zero-order valence-electron chi connectivity index (χ0n) is 11.0. The van der Waals surface area contributed by atoms with Crippen LogP contribution in [-0.4, -0.2) is 49.4 Å². The number of hydrogen-bond donors (Lipinski definition) is 4. The summed E-state index contributed by atoms with van der Waals surface area (Å²) in [6.07, 6.45) is -2.18. The minimum absolute atomic E-state index is 0.0312. The molecule has 1 aliphatic heterocycles. The lowest BCUT2D eigenvalue weighted by Gasteiger charge is -2.30. The van der Waals surface area contributed by atoms with Crippen LogP contribution in [0.4, 0.5) is 5.82 Å². The number of hydrogen-bond acceptors (Lipinski definition) is 8. The smallest absolute Gasteiger partial charge is 0.351 e. The van der Waals surface area contributed by atoms with Crippen molar-refractivity contribution in [1.82, 2.24) is 9.55 Å². The number of aromatic nitrogens is 2. The van der Waals surface area contributed by atoms with Crippen LogP contribution in [0, 0.1) is 0 Å². The van der Waals surface area contributed by atoms with Gasteiger partial charge in [0.15, 0.2) is 5.72 Å². The van der Waals surface area contributed by atoms with Crippen molar-refractivity contribution >= 4 is 5.82 Å². The molecule has 1 aromatic heterocycles. The maximum Gasteiger partial charge on any atom is 0.351 e. The van der Waals surface area contributed by atoms with Gasteiger partial charge in [-0.1, -0.05) is 5.11 Å². The van der Waals surface area contributed by atoms with Crippen LogP contribution in [-0.2, 0) is 10.5 Å². The van der Waals surface area contributed by atoms with Gasteiger partial charge in [-0.3, -0.25) is 4.57 Å². The second-order valence-corrected chi connectivity index (χ2v) is 4.74. The average molecular weight is 298 g/mol. The summed E-state index contributed by atoms with van der Waals surface area (Å²) in [5, 5.41) is 32.7. The lowest BCUT2D eigenvalue weighted by Crippen LogP contribution is -2.48. The fourth-order valence-electron chi connectivity index (χ4n) is 2.28. The predicted octanol–water partition coefficient (Wildman–Crippen LogP) is -1.75. The molecule has 5 N–H and O–H groups in total. The molecule has 11 heteroatoms. The number of anilines is 1. The fourth-order valence-corrected chi connectivity index (χ4v) is 2.28. The molecule has 1 aliphatic rings. The van der Waals surface area contributed by atoms with Gasteiger partial charge in [-0.2, -0.15) is 4.98 Å². The molecule has 2 rings (SSSR count). The first-order valence-corrected chi connectivity index (χ1v) is 5.90. The molecular formula is C10H14N6O5. The summed E-state index contributed by atoms with van der Waals surface area (Å²) in [6.45, 7) is 0.395. The molecule has 0 spiro atoms. The molecule has 11 nitrogen and oxygen atoms in total. The van der Waals surface area contributed by atoms with E-state index >= 15 is 0 Å². The second-order valence-electron chi connectivity index (χ2n) is 4.74. The van der Waals surface area contributed by atoms with Gasteiger partial charge in [0, 0.05) is 11.1 Å². The van der Waals surface area contributed by atoms with Crippen molar-refractivity contribution < 1.29 is 20.1 Å². The molecule has 4 atom stereocenters. The van der Waals surface area contributed by atoms with Gasteiger partial charge in [0.25, 0.3) is 0 Å². The van der Waals surface area contributed by atoms with Crippen molar-refractivity contribution in [2.24, 2.45) is 5.11 Å². The molecule has 0 aromatic carbocycles. The highest BCUT2D eigenvalue weighted by molar-refractivity contribution is 5.24. The molecule has 0 unspecified atom stereocenters. The monoisotopic (exact) mass is 298 g/mol. The van der Waals surface area contributed by atoms with Crippen LogP contribution >= 0.6 is 0 Å². The van der Waals surface area contributed by atoms with Crippen molar-refractivity contribution in [2.75, 3.05) is 12.3 Å². The molecule has 0 saturated carbocycles. The van der Waals surface area contributed by atoms with Crippen LogP contribution in [0.3, 0.4) is 0 Å². The Morgan fingerprint density at radius 2 is 2.29 bits per heavy atom. The van der Waals surface area contributed by atoms with Crippen molar-refractivity contribution in [3.8, 4) is 0 Å². The van der Waals surface area contributed by atoms with Crippen molar-refractivity contribution in [3.05, 3.63) is 33.2 Å². The summed E-state index contributed by atoms with van der Waals surface area (Å²) in [4.78, 5) is 17.9. The summed E-state index contributed by atoms with van der Waals surface area (Å²) >= 11 is 0. The predicted molar refractivity (Wildman–Crippen MR) is 68.6 cm³/mol. The standard InChI is InChI=1S/C10H14N6O5/c1-9(16-3-2-5(11)13-8(16)20)6(18)7(19)10(4-17,21-9)14-15-12/h2-3,6-7,17-19H,4H2,1H3,(H2,11,13,20)/t6-,7+,9-,10-/m1/s1. The quantitative estimate of drug-likeness (QED) is 0.290. The van der Waals surface area contributed by atoms with E-state index in [9.17, 15) is 20.1 Å². The Kier molecular flexibility index (Phi) is 3.61. The molecule has 0 radical (unpaired) electrons. The SMILES string of the molecule is C[C@@]1(n2ccc(N)nc2=O)O[C@@](CO)(N=[N+]=[N-])[C@@H](O)[C@H]1O. The highest BCUT2D eigenvalue weighted by Gasteiger charge is 2.61. The van der Waals surface area contributed by atoms with E-state index in [1.165, 1.54) is 19.2 Å². The molecular weight excluding hydrogens is 284 g/mol. The molecule has 1 fully saturated rings. The largest absolute Gasteiger partial charge is 0.393 e. The molecule has 0 amide bonds. The highest BCUT2D eigenvalue weighted by atomic mass is 16.6. The van der Waals surface area contributed by atoms with E-state index in [2.05, 4.69) is 15.0 Å². The zero-order valence-corrected chi connectivity index (χ0v) is 11.0. The molecule has 0 aliphatic carbocycles. The molecule has 2 heterocycles. The van der Waals surface area contributed by atoms with E-state index in [0.29, 0.717) is 0 Å². The third-order valence-corrected chi connectivity index (χ3v) is 3.44. The van der Waals surface area contributed by atoms with Crippen LogP contribution in [0.5, 0.6) is 0 Å². The summed E-state index contributed by atoms with van der Waals surface area (Å²) in [5.41, 5.74) is 9.17. The number of nitrogens with two attached hydrogens (primary N) is 1. The Morgan fingerprint density at radius 1 is 1.62 bits per heavy atom. The summed E-state index contributed by atoms with van der Waals surface area (Å²) in [5.74, 6) is -0.0312. The third kappa shape index (κ3) is 2.13. The topological polar surface area (TPSA) is 180 Å². The summed E-state index contributed by atoms with van der Waals surface area (Å²) in [6, 6.07) is 1.29. The number of aliphatic hydroxyl groups is 3.